The summed E-state index contributed by atoms with van der Waals surface area (Å²) in [6.07, 6.45) is 1.28. The lowest BCUT2D eigenvalue weighted by Gasteiger charge is -2.54. The van der Waals surface area contributed by atoms with Crippen molar-refractivity contribution in [3.8, 4) is 0 Å². The Balaban J connectivity index is 1.95. The van der Waals surface area contributed by atoms with Crippen LogP contribution >= 0.6 is 0 Å². The summed E-state index contributed by atoms with van der Waals surface area (Å²) in [5, 5.41) is 45.9. The molecule has 0 aromatic carbocycles. The molecular weight excluding hydrogens is 336 g/mol. The van der Waals surface area contributed by atoms with Crippen molar-refractivity contribution < 1.29 is 30.0 Å². The van der Waals surface area contributed by atoms with E-state index in [1.165, 1.54) is 6.92 Å². The van der Waals surface area contributed by atoms with Crippen molar-refractivity contribution in [3.05, 3.63) is 12.2 Å². The van der Waals surface area contributed by atoms with Crippen LogP contribution in [0.3, 0.4) is 0 Å². The predicted octanol–water partition coefficient (Wildman–Crippen LogP) is -0.623. The first kappa shape index (κ1) is 18.0. The Morgan fingerprint density at radius 2 is 1.88 bits per heavy atom. The Morgan fingerprint density at radius 3 is 2.46 bits per heavy atom. The van der Waals surface area contributed by atoms with Gasteiger partial charge in [-0.25, -0.2) is 0 Å². The maximum absolute atomic E-state index is 12.3. The van der Waals surface area contributed by atoms with Crippen LogP contribution < -0.4 is 10.2 Å². The third-order valence-corrected chi connectivity index (χ3v) is 8.56. The third-order valence-electron chi connectivity index (χ3n) is 8.56. The van der Waals surface area contributed by atoms with Gasteiger partial charge in [0.15, 0.2) is 0 Å². The number of carboxylic acids is 2. The zero-order valence-electron chi connectivity index (χ0n) is 15.3. The lowest BCUT2D eigenvalue weighted by atomic mass is 9.52. The van der Waals surface area contributed by atoms with Crippen LogP contribution in [0.4, 0.5) is 0 Å². The quantitative estimate of drug-likeness (QED) is 0.632. The van der Waals surface area contributed by atoms with Crippen molar-refractivity contribution in [2.45, 2.75) is 64.1 Å². The molecule has 6 nitrogen and oxygen atoms in total. The second-order valence-corrected chi connectivity index (χ2v) is 9.86. The highest BCUT2D eigenvalue weighted by Gasteiger charge is 2.75. The summed E-state index contributed by atoms with van der Waals surface area (Å²) < 4.78 is 0. The van der Waals surface area contributed by atoms with Gasteiger partial charge >= 0.3 is 0 Å². The van der Waals surface area contributed by atoms with Crippen molar-refractivity contribution in [3.63, 3.8) is 0 Å². The molecule has 4 fully saturated rings. The van der Waals surface area contributed by atoms with E-state index >= 15 is 0 Å². The second-order valence-electron chi connectivity index (χ2n) is 9.86. The van der Waals surface area contributed by atoms with Gasteiger partial charge in [-0.1, -0.05) is 20.4 Å². The van der Waals surface area contributed by atoms with Gasteiger partial charge in [-0.2, -0.15) is 0 Å². The number of aliphatic hydroxyl groups excluding tert-OH is 1. The van der Waals surface area contributed by atoms with E-state index in [9.17, 15) is 30.0 Å². The summed E-state index contributed by atoms with van der Waals surface area (Å²) in [4.78, 5) is 24.4. The largest absolute Gasteiger partial charge is 0.550 e. The normalized spacial score (nSPS) is 55.3. The van der Waals surface area contributed by atoms with Crippen LogP contribution in [-0.4, -0.2) is 33.9 Å². The van der Waals surface area contributed by atoms with Gasteiger partial charge in [-0.3, -0.25) is 0 Å². The summed E-state index contributed by atoms with van der Waals surface area (Å²) in [6.45, 7) is 7.43. The summed E-state index contributed by atoms with van der Waals surface area (Å²) in [5.74, 6) is -4.38. The summed E-state index contributed by atoms with van der Waals surface area (Å²) in [6, 6.07) is 0. The van der Waals surface area contributed by atoms with Gasteiger partial charge < -0.3 is 30.0 Å². The molecular formula is C20H26O6-2. The van der Waals surface area contributed by atoms with E-state index < -0.39 is 51.7 Å². The lowest BCUT2D eigenvalue weighted by Crippen LogP contribution is -2.58. The summed E-state index contributed by atoms with van der Waals surface area (Å²) in [5.41, 5.74) is -3.31. The van der Waals surface area contributed by atoms with Crippen LogP contribution in [0, 0.1) is 34.0 Å². The Morgan fingerprint density at radius 1 is 1.23 bits per heavy atom. The molecule has 0 aliphatic heterocycles. The Labute approximate surface area is 152 Å². The minimum atomic E-state index is -1.45. The van der Waals surface area contributed by atoms with Crippen molar-refractivity contribution in [2.24, 2.45) is 34.0 Å². The molecule has 0 unspecified atom stereocenters. The van der Waals surface area contributed by atoms with Crippen LogP contribution in [0.2, 0.25) is 0 Å². The van der Waals surface area contributed by atoms with E-state index in [1.807, 2.05) is 6.92 Å². The average Bonchev–Trinajstić information content (AvgIpc) is 2.82. The minimum Gasteiger partial charge on any atom is -0.550 e. The number of fused-ring (bicyclic) bond motifs is 3. The molecule has 0 heterocycles. The van der Waals surface area contributed by atoms with Crippen LogP contribution in [0.1, 0.15) is 52.4 Å². The maximum atomic E-state index is 12.3. The fourth-order valence-electron chi connectivity index (χ4n) is 7.97. The number of carbonyl (C=O) groups is 2. The lowest BCUT2D eigenvalue weighted by molar-refractivity contribution is -0.332. The molecule has 0 aromatic heterocycles. The van der Waals surface area contributed by atoms with E-state index in [-0.39, 0.29) is 18.8 Å². The zero-order valence-corrected chi connectivity index (χ0v) is 15.3. The first-order chi connectivity index (χ1) is 11.9. The number of hydrogen-bond donors (Lipinski definition) is 2. The summed E-state index contributed by atoms with van der Waals surface area (Å²) >= 11 is 0. The van der Waals surface area contributed by atoms with E-state index in [4.69, 9.17) is 0 Å². The molecule has 2 bridgehead atoms. The van der Waals surface area contributed by atoms with Crippen LogP contribution in [0.25, 0.3) is 0 Å². The van der Waals surface area contributed by atoms with Gasteiger partial charge in [0.25, 0.3) is 0 Å². The van der Waals surface area contributed by atoms with E-state index in [0.717, 1.165) is 0 Å². The minimum absolute atomic E-state index is 0.0205. The highest BCUT2D eigenvalue weighted by Crippen LogP contribution is 2.77. The first-order valence-corrected chi connectivity index (χ1v) is 9.42. The number of rotatable bonds is 2. The number of carboxylic acid groups (broad SMARTS) is 2. The molecule has 0 saturated heterocycles. The van der Waals surface area contributed by atoms with E-state index in [2.05, 4.69) is 6.58 Å². The fourth-order valence-corrected chi connectivity index (χ4v) is 7.97. The van der Waals surface area contributed by atoms with Gasteiger partial charge in [0.1, 0.15) is 0 Å². The van der Waals surface area contributed by atoms with E-state index in [1.54, 1.807) is 0 Å². The SMILES string of the molecule is C=C1C[C@]23C[C@@]1(O)CC[C@H]2[C@]1(C)C[C@H](O)C[C@@](C)(C(=O)[O-])[C@H]1[C@@H]3C(=O)[O-]. The van der Waals surface area contributed by atoms with Gasteiger partial charge in [0.05, 0.1) is 11.7 Å². The zero-order chi connectivity index (χ0) is 19.3. The molecule has 144 valence electrons. The van der Waals surface area contributed by atoms with Crippen LogP contribution in [-0.2, 0) is 9.59 Å². The van der Waals surface area contributed by atoms with Crippen molar-refractivity contribution >= 4 is 11.9 Å². The van der Waals surface area contributed by atoms with Gasteiger partial charge in [0.2, 0.25) is 0 Å². The average molecular weight is 362 g/mol. The van der Waals surface area contributed by atoms with Crippen molar-refractivity contribution in [1.82, 2.24) is 0 Å². The number of carbonyl (C=O) groups excluding carboxylic acids is 2. The van der Waals surface area contributed by atoms with Crippen LogP contribution in [0.15, 0.2) is 12.2 Å². The predicted molar refractivity (Wildman–Crippen MR) is 86.9 cm³/mol. The fraction of sp³-hybridized carbons (Fsp3) is 0.800. The molecule has 26 heavy (non-hydrogen) atoms. The Hall–Kier alpha value is -1.40. The molecule has 1 spiro atoms. The molecule has 4 saturated carbocycles. The molecule has 0 aromatic rings. The molecule has 2 N–H and O–H groups in total. The monoisotopic (exact) mass is 362 g/mol. The van der Waals surface area contributed by atoms with E-state index in [0.29, 0.717) is 31.3 Å². The summed E-state index contributed by atoms with van der Waals surface area (Å²) in [7, 11) is 0. The molecule has 0 amide bonds. The number of aliphatic carboxylic acids is 2. The number of hydrogen-bond acceptors (Lipinski definition) is 6. The highest BCUT2D eigenvalue weighted by molar-refractivity contribution is 5.77. The molecule has 4 aliphatic rings. The molecule has 8 atom stereocenters. The third kappa shape index (κ3) is 1.84. The van der Waals surface area contributed by atoms with Crippen molar-refractivity contribution in [1.29, 1.82) is 0 Å². The first-order valence-electron chi connectivity index (χ1n) is 9.42. The Kier molecular flexibility index (Phi) is 3.39. The van der Waals surface area contributed by atoms with Gasteiger partial charge in [0, 0.05) is 23.3 Å². The molecule has 4 aliphatic carbocycles. The second kappa shape index (κ2) is 4.90. The van der Waals surface area contributed by atoms with Gasteiger partial charge in [-0.15, -0.1) is 0 Å². The van der Waals surface area contributed by atoms with Crippen molar-refractivity contribution in [2.75, 3.05) is 0 Å². The molecule has 6 heteroatoms. The Bertz CT molecular complexity index is 717. The topological polar surface area (TPSA) is 121 Å². The van der Waals surface area contributed by atoms with Crippen LogP contribution in [0.5, 0.6) is 0 Å². The van der Waals surface area contributed by atoms with Gasteiger partial charge in [-0.05, 0) is 66.8 Å². The highest BCUT2D eigenvalue weighted by atomic mass is 16.4. The standard InChI is InChI=1S/C20H28O6/c1-10-6-19-9-20(10,26)5-4-12(19)17(2)7-11(21)8-18(3,16(24)25)14(17)13(19)15(22)23/h11-14,21,26H,1,4-9H2,2-3H3,(H,22,23)(H,24,25)/p-2/t11-,12-,13+,14-,17-,18+,19-,20-/m0/s1. The smallest absolute Gasteiger partial charge is 0.0860 e. The molecule has 0 radical (unpaired) electrons. The number of aliphatic hydroxyl groups is 2. The molecule has 4 rings (SSSR count). The maximum Gasteiger partial charge on any atom is 0.0860 e.